The Morgan fingerprint density at radius 3 is 2.54 bits per heavy atom. The smallest absolute Gasteiger partial charge is 0.314 e. The Bertz CT molecular complexity index is 652. The highest BCUT2D eigenvalue weighted by atomic mass is 35.5. The molecule has 5 nitrogen and oxygen atoms in total. The average molecular weight is 367 g/mol. The van der Waals surface area contributed by atoms with E-state index in [1.54, 1.807) is 6.07 Å². The van der Waals surface area contributed by atoms with Crippen molar-refractivity contribution in [1.82, 2.24) is 15.6 Å². The zero-order valence-corrected chi connectivity index (χ0v) is 14.7. The molecule has 1 aromatic carbocycles. The molecule has 2 aromatic rings. The fourth-order valence-corrected chi connectivity index (χ4v) is 2.55. The molecule has 0 saturated heterocycles. The Kier molecular flexibility index (Phi) is 7.65. The standard InChI is InChI=1S/C17H20Cl2N4O/c18-14-11-15(19)16(23-12-14)20-9-10-22-17(24)21-8-4-7-13-5-2-1-3-6-13/h1-3,5-6,11-12H,4,7-10H2,(H,20,23)(H2,21,22,24). The maximum absolute atomic E-state index is 11.7. The summed E-state index contributed by atoms with van der Waals surface area (Å²) in [5.41, 5.74) is 1.27. The topological polar surface area (TPSA) is 66.1 Å². The second-order valence-corrected chi connectivity index (χ2v) is 6.03. The predicted molar refractivity (Wildman–Crippen MR) is 98.9 cm³/mol. The Balaban J connectivity index is 1.55. The molecule has 0 spiro atoms. The van der Waals surface area contributed by atoms with Crippen molar-refractivity contribution >= 4 is 35.1 Å². The lowest BCUT2D eigenvalue weighted by atomic mass is 10.1. The Labute approximate surface area is 151 Å². The number of amides is 2. The lowest BCUT2D eigenvalue weighted by molar-refractivity contribution is 0.241. The minimum atomic E-state index is -0.181. The lowest BCUT2D eigenvalue weighted by Crippen LogP contribution is -2.38. The molecule has 128 valence electrons. The van der Waals surface area contributed by atoms with Crippen LogP contribution in [0.4, 0.5) is 10.6 Å². The summed E-state index contributed by atoms with van der Waals surface area (Å²) in [6, 6.07) is 11.6. The largest absolute Gasteiger partial charge is 0.367 e. The van der Waals surface area contributed by atoms with Gasteiger partial charge < -0.3 is 16.0 Å². The summed E-state index contributed by atoms with van der Waals surface area (Å²) in [4.78, 5) is 15.7. The van der Waals surface area contributed by atoms with Gasteiger partial charge in [0.05, 0.1) is 10.0 Å². The number of benzene rings is 1. The van der Waals surface area contributed by atoms with Crippen molar-refractivity contribution in [3.05, 3.63) is 58.2 Å². The number of aromatic nitrogens is 1. The molecule has 0 aliphatic carbocycles. The number of aryl methyl sites for hydroxylation is 1. The SMILES string of the molecule is O=C(NCCCc1ccccc1)NCCNc1ncc(Cl)cc1Cl. The van der Waals surface area contributed by atoms with Crippen LogP contribution in [0, 0.1) is 0 Å². The third kappa shape index (κ3) is 6.64. The van der Waals surface area contributed by atoms with Crippen molar-refractivity contribution in [2.24, 2.45) is 0 Å². The summed E-state index contributed by atoms with van der Waals surface area (Å²) in [5, 5.41) is 9.58. The molecule has 0 atom stereocenters. The number of nitrogens with one attached hydrogen (secondary N) is 3. The minimum absolute atomic E-state index is 0.181. The highest BCUT2D eigenvalue weighted by Crippen LogP contribution is 2.21. The number of anilines is 1. The van der Waals surface area contributed by atoms with Gasteiger partial charge in [0.1, 0.15) is 5.82 Å². The zero-order chi connectivity index (χ0) is 17.2. The molecule has 2 amide bonds. The van der Waals surface area contributed by atoms with Crippen molar-refractivity contribution in [2.45, 2.75) is 12.8 Å². The molecule has 24 heavy (non-hydrogen) atoms. The van der Waals surface area contributed by atoms with Gasteiger partial charge in [-0.05, 0) is 24.5 Å². The molecule has 0 aliphatic heterocycles. The van der Waals surface area contributed by atoms with Gasteiger partial charge >= 0.3 is 6.03 Å². The second-order valence-electron chi connectivity index (χ2n) is 5.18. The lowest BCUT2D eigenvalue weighted by Gasteiger charge is -2.10. The van der Waals surface area contributed by atoms with E-state index < -0.39 is 0 Å². The van der Waals surface area contributed by atoms with Crippen LogP contribution in [-0.2, 0) is 6.42 Å². The van der Waals surface area contributed by atoms with Gasteiger partial charge in [0.2, 0.25) is 0 Å². The van der Waals surface area contributed by atoms with Crippen LogP contribution in [0.3, 0.4) is 0 Å². The molecule has 0 unspecified atom stereocenters. The van der Waals surface area contributed by atoms with E-state index in [1.807, 2.05) is 18.2 Å². The summed E-state index contributed by atoms with van der Waals surface area (Å²) in [5.74, 6) is 0.547. The minimum Gasteiger partial charge on any atom is -0.367 e. The van der Waals surface area contributed by atoms with Crippen LogP contribution < -0.4 is 16.0 Å². The zero-order valence-electron chi connectivity index (χ0n) is 13.2. The van der Waals surface area contributed by atoms with Gasteiger partial charge in [-0.25, -0.2) is 9.78 Å². The van der Waals surface area contributed by atoms with Crippen LogP contribution >= 0.6 is 23.2 Å². The molecule has 0 aliphatic rings. The molecule has 1 aromatic heterocycles. The van der Waals surface area contributed by atoms with E-state index in [0.717, 1.165) is 12.8 Å². The Morgan fingerprint density at radius 2 is 1.79 bits per heavy atom. The van der Waals surface area contributed by atoms with Crippen molar-refractivity contribution in [3.63, 3.8) is 0 Å². The van der Waals surface area contributed by atoms with Crippen LogP contribution in [0.25, 0.3) is 0 Å². The molecule has 1 heterocycles. The highest BCUT2D eigenvalue weighted by Gasteiger charge is 2.03. The molecule has 2 rings (SSSR count). The van der Waals surface area contributed by atoms with Gasteiger partial charge in [-0.2, -0.15) is 0 Å². The van der Waals surface area contributed by atoms with Crippen LogP contribution in [0.15, 0.2) is 42.6 Å². The summed E-state index contributed by atoms with van der Waals surface area (Å²) < 4.78 is 0. The van der Waals surface area contributed by atoms with Crippen LogP contribution in [0.5, 0.6) is 0 Å². The third-order valence-corrected chi connectivity index (χ3v) is 3.78. The summed E-state index contributed by atoms with van der Waals surface area (Å²) in [6.45, 7) is 1.62. The number of carbonyl (C=O) groups is 1. The Morgan fingerprint density at radius 1 is 1.04 bits per heavy atom. The molecular weight excluding hydrogens is 347 g/mol. The first kappa shape index (κ1) is 18.4. The maximum Gasteiger partial charge on any atom is 0.314 e. The Hall–Kier alpha value is -1.98. The summed E-state index contributed by atoms with van der Waals surface area (Å²) >= 11 is 11.8. The number of nitrogens with zero attached hydrogens (tertiary/aromatic N) is 1. The predicted octanol–water partition coefficient (Wildman–Crippen LogP) is 3.73. The molecule has 0 saturated carbocycles. The van der Waals surface area contributed by atoms with E-state index in [-0.39, 0.29) is 6.03 Å². The number of pyridine rings is 1. The van der Waals surface area contributed by atoms with Gasteiger partial charge in [0.25, 0.3) is 0 Å². The first-order valence-electron chi connectivity index (χ1n) is 7.75. The number of hydrogen-bond donors (Lipinski definition) is 3. The van der Waals surface area contributed by atoms with Crippen molar-refractivity contribution in [2.75, 3.05) is 25.0 Å². The third-order valence-electron chi connectivity index (χ3n) is 3.28. The van der Waals surface area contributed by atoms with Gasteiger partial charge in [0, 0.05) is 25.8 Å². The van der Waals surface area contributed by atoms with E-state index in [0.29, 0.717) is 35.5 Å². The molecule has 3 N–H and O–H groups in total. The molecule has 7 heteroatoms. The first-order chi connectivity index (χ1) is 11.6. The number of rotatable bonds is 8. The van der Waals surface area contributed by atoms with Crippen LogP contribution in [-0.4, -0.2) is 30.6 Å². The molecular formula is C17H20Cl2N4O. The van der Waals surface area contributed by atoms with E-state index in [4.69, 9.17) is 23.2 Å². The van der Waals surface area contributed by atoms with E-state index >= 15 is 0 Å². The quantitative estimate of drug-likeness (QED) is 0.623. The fraction of sp³-hybridized carbons (Fsp3) is 0.294. The van der Waals surface area contributed by atoms with Gasteiger partial charge in [-0.3, -0.25) is 0 Å². The van der Waals surface area contributed by atoms with Crippen LogP contribution in [0.1, 0.15) is 12.0 Å². The van der Waals surface area contributed by atoms with Crippen LogP contribution in [0.2, 0.25) is 10.0 Å². The second kappa shape index (κ2) is 10.0. The summed E-state index contributed by atoms with van der Waals surface area (Å²) in [6.07, 6.45) is 3.37. The normalized spacial score (nSPS) is 10.2. The van der Waals surface area contributed by atoms with Gasteiger partial charge in [-0.15, -0.1) is 0 Å². The van der Waals surface area contributed by atoms with Gasteiger partial charge in [-0.1, -0.05) is 53.5 Å². The van der Waals surface area contributed by atoms with Crippen molar-refractivity contribution in [1.29, 1.82) is 0 Å². The maximum atomic E-state index is 11.7. The van der Waals surface area contributed by atoms with Gasteiger partial charge in [0.15, 0.2) is 0 Å². The molecule has 0 fully saturated rings. The summed E-state index contributed by atoms with van der Waals surface area (Å²) in [7, 11) is 0. The van der Waals surface area contributed by atoms with E-state index in [9.17, 15) is 4.79 Å². The van der Waals surface area contributed by atoms with E-state index in [2.05, 4.69) is 33.1 Å². The van der Waals surface area contributed by atoms with E-state index in [1.165, 1.54) is 11.8 Å². The molecule has 0 radical (unpaired) electrons. The fourth-order valence-electron chi connectivity index (χ4n) is 2.10. The number of halogens is 2. The number of urea groups is 1. The van der Waals surface area contributed by atoms with Crippen molar-refractivity contribution in [3.8, 4) is 0 Å². The first-order valence-corrected chi connectivity index (χ1v) is 8.51. The molecule has 0 bridgehead atoms. The average Bonchev–Trinajstić information content (AvgIpc) is 2.58. The monoisotopic (exact) mass is 366 g/mol. The number of carbonyl (C=O) groups excluding carboxylic acids is 1. The number of hydrogen-bond acceptors (Lipinski definition) is 3. The van der Waals surface area contributed by atoms with Crippen molar-refractivity contribution < 1.29 is 4.79 Å². The highest BCUT2D eigenvalue weighted by molar-refractivity contribution is 6.35.